The Labute approximate surface area is 145 Å². The Bertz CT molecular complexity index is 790. The highest BCUT2D eigenvalue weighted by Crippen LogP contribution is 2.45. The molecule has 0 bridgehead atoms. The Morgan fingerprint density at radius 1 is 0.625 bits per heavy atom. The van der Waals surface area contributed by atoms with Gasteiger partial charge in [-0.05, 0) is 73.9 Å². The van der Waals surface area contributed by atoms with Crippen LogP contribution in [-0.4, -0.2) is 0 Å². The highest BCUT2D eigenvalue weighted by atomic mass is 14.3. The zero-order chi connectivity index (χ0) is 16.8. The maximum Gasteiger partial charge on any atom is 0.00550 e. The zero-order valence-corrected chi connectivity index (χ0v) is 15.2. The van der Waals surface area contributed by atoms with Crippen molar-refractivity contribution in [1.82, 2.24) is 0 Å². The van der Waals surface area contributed by atoms with Crippen LogP contribution < -0.4 is 0 Å². The van der Waals surface area contributed by atoms with Crippen LogP contribution in [0.4, 0.5) is 0 Å². The smallest absolute Gasteiger partial charge is 0.00550 e. The summed E-state index contributed by atoms with van der Waals surface area (Å²) in [6, 6.07) is 13.5. The first-order valence-corrected chi connectivity index (χ1v) is 9.11. The lowest BCUT2D eigenvalue weighted by atomic mass is 9.84. The van der Waals surface area contributed by atoms with Gasteiger partial charge in [-0.25, -0.2) is 0 Å². The number of rotatable bonds is 3. The molecule has 4 rings (SSSR count). The van der Waals surface area contributed by atoms with Gasteiger partial charge in [0.1, 0.15) is 0 Å². The third-order valence-electron chi connectivity index (χ3n) is 6.05. The van der Waals surface area contributed by atoms with Crippen LogP contribution in [0.25, 0.3) is 12.2 Å². The Morgan fingerprint density at radius 3 is 1.46 bits per heavy atom. The summed E-state index contributed by atoms with van der Waals surface area (Å²) in [5.41, 5.74) is 11.9. The molecule has 2 aromatic carbocycles. The van der Waals surface area contributed by atoms with E-state index in [1.165, 1.54) is 57.4 Å². The molecule has 2 unspecified atom stereocenters. The molecule has 24 heavy (non-hydrogen) atoms. The van der Waals surface area contributed by atoms with Gasteiger partial charge in [-0.2, -0.15) is 0 Å². The van der Waals surface area contributed by atoms with E-state index in [-0.39, 0.29) is 0 Å². The summed E-state index contributed by atoms with van der Waals surface area (Å²) < 4.78 is 0. The van der Waals surface area contributed by atoms with Crippen LogP contribution >= 0.6 is 0 Å². The van der Waals surface area contributed by atoms with Gasteiger partial charge in [0.2, 0.25) is 0 Å². The summed E-state index contributed by atoms with van der Waals surface area (Å²) in [6.07, 6.45) is 7.29. The summed E-state index contributed by atoms with van der Waals surface area (Å²) in [5, 5.41) is 0. The first kappa shape index (κ1) is 15.4. The van der Waals surface area contributed by atoms with Crippen molar-refractivity contribution in [3.63, 3.8) is 0 Å². The fourth-order valence-corrected chi connectivity index (χ4v) is 4.66. The molecular weight excluding hydrogens is 288 g/mol. The highest BCUT2D eigenvalue weighted by molar-refractivity contribution is 5.70. The summed E-state index contributed by atoms with van der Waals surface area (Å²) in [6.45, 7) is 9.07. The molecule has 0 saturated carbocycles. The lowest BCUT2D eigenvalue weighted by Gasteiger charge is -2.20. The normalized spacial score (nSPS) is 21.3. The Balaban J connectivity index is 1.58. The molecule has 0 nitrogen and oxygen atoms in total. The van der Waals surface area contributed by atoms with E-state index in [2.05, 4.69) is 76.2 Å². The lowest BCUT2D eigenvalue weighted by molar-refractivity contribution is 0.611. The van der Waals surface area contributed by atoms with E-state index in [1.807, 2.05) is 0 Å². The minimum atomic E-state index is 0.599. The molecule has 2 aliphatic carbocycles. The number of fused-ring (bicyclic) bond motifs is 2. The summed E-state index contributed by atoms with van der Waals surface area (Å²) in [7, 11) is 0. The van der Waals surface area contributed by atoms with E-state index in [1.54, 1.807) is 0 Å². The van der Waals surface area contributed by atoms with E-state index in [0.29, 0.717) is 11.8 Å². The minimum Gasteiger partial charge on any atom is -0.0652 e. The van der Waals surface area contributed by atoms with E-state index in [0.717, 1.165) is 0 Å². The number of allylic oxidation sites excluding steroid dienone is 2. The van der Waals surface area contributed by atoms with Crippen LogP contribution in [0.2, 0.25) is 0 Å². The largest absolute Gasteiger partial charge is 0.0652 e. The van der Waals surface area contributed by atoms with Crippen LogP contribution in [0.5, 0.6) is 0 Å². The van der Waals surface area contributed by atoms with Crippen molar-refractivity contribution in [1.29, 1.82) is 0 Å². The summed E-state index contributed by atoms with van der Waals surface area (Å²) in [4.78, 5) is 0. The molecule has 0 aromatic heterocycles. The Morgan fingerprint density at radius 2 is 1.04 bits per heavy atom. The zero-order valence-electron chi connectivity index (χ0n) is 15.2. The van der Waals surface area contributed by atoms with Gasteiger partial charge in [0.15, 0.2) is 0 Å². The van der Waals surface area contributed by atoms with Crippen molar-refractivity contribution < 1.29 is 0 Å². The Hall–Kier alpha value is -2.08. The fourth-order valence-electron chi connectivity index (χ4n) is 4.66. The molecule has 0 heteroatoms. The molecule has 0 amide bonds. The van der Waals surface area contributed by atoms with Gasteiger partial charge in [0.05, 0.1) is 0 Å². The van der Waals surface area contributed by atoms with Gasteiger partial charge in [0, 0.05) is 11.8 Å². The molecule has 2 atom stereocenters. The molecule has 0 saturated heterocycles. The summed E-state index contributed by atoms with van der Waals surface area (Å²) in [5.74, 6) is 1.20. The molecule has 0 aliphatic heterocycles. The average Bonchev–Trinajstić information content (AvgIpc) is 3.04. The van der Waals surface area contributed by atoms with Crippen LogP contribution in [0.3, 0.4) is 0 Å². The topological polar surface area (TPSA) is 0 Å². The molecule has 0 fully saturated rings. The lowest BCUT2D eigenvalue weighted by Crippen LogP contribution is -2.03. The van der Waals surface area contributed by atoms with Gasteiger partial charge < -0.3 is 0 Å². The van der Waals surface area contributed by atoms with Gasteiger partial charge >= 0.3 is 0 Å². The number of aryl methyl sites for hydroxylation is 2. The van der Waals surface area contributed by atoms with Crippen molar-refractivity contribution in [2.24, 2.45) is 0 Å². The molecule has 0 heterocycles. The maximum absolute atomic E-state index is 2.41. The van der Waals surface area contributed by atoms with E-state index in [4.69, 9.17) is 0 Å². The third-order valence-corrected chi connectivity index (χ3v) is 6.05. The first-order valence-electron chi connectivity index (χ1n) is 9.11. The molecule has 122 valence electrons. The molecular formula is C24H26. The molecule has 0 radical (unpaired) electrons. The molecule has 0 N–H and O–H groups in total. The predicted octanol–water partition coefficient (Wildman–Crippen LogP) is 6.78. The van der Waals surface area contributed by atoms with E-state index >= 15 is 0 Å². The quantitative estimate of drug-likeness (QED) is 0.585. The maximum atomic E-state index is 2.41. The second-order valence-corrected chi connectivity index (χ2v) is 7.61. The fraction of sp³-hybridized carbons (Fsp3) is 0.333. The van der Waals surface area contributed by atoms with Crippen molar-refractivity contribution in [3.8, 4) is 0 Å². The van der Waals surface area contributed by atoms with Gasteiger partial charge in [-0.3, -0.25) is 0 Å². The van der Waals surface area contributed by atoms with Crippen LogP contribution in [0.15, 0.2) is 47.5 Å². The van der Waals surface area contributed by atoms with E-state index < -0.39 is 0 Å². The first-order chi connectivity index (χ1) is 11.6. The second kappa shape index (κ2) is 5.77. The van der Waals surface area contributed by atoms with Gasteiger partial charge in [0.25, 0.3) is 0 Å². The SMILES string of the molecule is CC1=Cc2c(C)cccc2C1CCC1C(C)=Cc2c(C)cccc21. The van der Waals surface area contributed by atoms with Crippen LogP contribution in [0, 0.1) is 13.8 Å². The standard InChI is InChI=1S/C24H26/c1-15-7-5-9-21-19(17(3)13-23(15)21)11-12-20-18(4)14-24-16(2)8-6-10-22(20)24/h5-10,13-14,19-20H,11-12H2,1-4H3. The number of hydrogen-bond donors (Lipinski definition) is 0. The average molecular weight is 314 g/mol. The third kappa shape index (κ3) is 2.36. The predicted molar refractivity (Wildman–Crippen MR) is 104 cm³/mol. The molecule has 2 aliphatic rings. The van der Waals surface area contributed by atoms with Gasteiger partial charge in [-0.1, -0.05) is 59.7 Å². The van der Waals surface area contributed by atoms with E-state index in [9.17, 15) is 0 Å². The van der Waals surface area contributed by atoms with Crippen molar-refractivity contribution >= 4 is 12.2 Å². The Kier molecular flexibility index (Phi) is 3.72. The van der Waals surface area contributed by atoms with Crippen molar-refractivity contribution in [2.45, 2.75) is 52.4 Å². The monoisotopic (exact) mass is 314 g/mol. The molecule has 0 spiro atoms. The number of hydrogen-bond acceptors (Lipinski definition) is 0. The highest BCUT2D eigenvalue weighted by Gasteiger charge is 2.27. The minimum absolute atomic E-state index is 0.599. The van der Waals surface area contributed by atoms with Crippen LogP contribution in [-0.2, 0) is 0 Å². The number of benzene rings is 2. The van der Waals surface area contributed by atoms with Gasteiger partial charge in [-0.15, -0.1) is 0 Å². The second-order valence-electron chi connectivity index (χ2n) is 7.61. The van der Waals surface area contributed by atoms with Crippen molar-refractivity contribution in [2.75, 3.05) is 0 Å². The van der Waals surface area contributed by atoms with Crippen molar-refractivity contribution in [3.05, 3.63) is 80.9 Å². The molecule has 2 aromatic rings. The van der Waals surface area contributed by atoms with Crippen LogP contribution in [0.1, 0.15) is 71.9 Å². The summed E-state index contributed by atoms with van der Waals surface area (Å²) >= 11 is 0.